The highest BCUT2D eigenvalue weighted by molar-refractivity contribution is 5.85. The van der Waals surface area contributed by atoms with Gasteiger partial charge in [0.05, 0.1) is 0 Å². The van der Waals surface area contributed by atoms with Crippen LogP contribution in [0.15, 0.2) is 0 Å². The molecule has 0 unspecified atom stereocenters. The molecule has 0 fully saturated rings. The molecule has 0 heterocycles. The van der Waals surface area contributed by atoms with Crippen LogP contribution in [0.4, 0.5) is 0 Å². The molecule has 0 atom stereocenters. The topological polar surface area (TPSA) is 12.0 Å². The second kappa shape index (κ2) is 10.5. The highest BCUT2D eigenvalue weighted by Crippen LogP contribution is 0.981. The van der Waals surface area contributed by atoms with E-state index in [2.05, 4.69) is 12.3 Å². The van der Waals surface area contributed by atoms with Crippen molar-refractivity contribution < 1.29 is 9.64 Å². The molecule has 0 saturated heterocycles. The minimum atomic E-state index is -2.87. The lowest BCUT2D eigenvalue weighted by Crippen LogP contribution is -1.89. The van der Waals surface area contributed by atoms with Crippen LogP contribution in [0, 0.1) is 0 Å². The first-order chi connectivity index (χ1) is 5.15. The lowest BCUT2D eigenvalue weighted by Gasteiger charge is -1.59. The molecule has 0 aromatic heterocycles. The van der Waals surface area contributed by atoms with Crippen LogP contribution in [-0.2, 0) is 0 Å². The molecule has 0 bridgehead atoms. The van der Waals surface area contributed by atoms with Gasteiger partial charge in [-0.15, -0.1) is 12.3 Å². The van der Waals surface area contributed by atoms with Gasteiger partial charge in [0, 0.05) is 8.22 Å². The van der Waals surface area contributed by atoms with Gasteiger partial charge in [-0.2, -0.15) is 0 Å². The van der Waals surface area contributed by atoms with Gasteiger partial charge < -0.3 is 5.31 Å². The summed E-state index contributed by atoms with van der Waals surface area (Å²) in [5.74, 6) is 0. The number of hydrogen-bond acceptors (Lipinski definition) is 1. The van der Waals surface area contributed by atoms with Gasteiger partial charge in [-0.3, -0.25) is 0 Å². The molecular weight excluding hydrogens is 73.5 g/mol. The van der Waals surface area contributed by atoms with Crippen molar-refractivity contribution in [2.75, 3.05) is 14.0 Å². The van der Waals surface area contributed by atoms with E-state index in [0.717, 1.165) is 0 Å². The van der Waals surface area contributed by atoms with Crippen LogP contribution < -0.4 is 5.31 Å². The molecule has 0 aliphatic carbocycles. The summed E-state index contributed by atoms with van der Waals surface area (Å²) in [4.78, 5) is 0. The minimum absolute atomic E-state index is 0.375. The molecule has 0 aliphatic rings. The zero-order valence-electron chi connectivity index (χ0n) is 9.83. The van der Waals surface area contributed by atoms with E-state index in [4.69, 9.17) is 10.8 Å². The molecule has 0 amide bonds. The van der Waals surface area contributed by atoms with Crippen molar-refractivity contribution >= 4 is 12.3 Å². The van der Waals surface area contributed by atoms with Crippen molar-refractivity contribution in [3.63, 3.8) is 0 Å². The summed E-state index contributed by atoms with van der Waals surface area (Å²) in [7, 11) is 0. The average Bonchev–Trinajstić information content (AvgIpc) is 1.87. The Morgan fingerprint density at radius 1 is 2.25 bits per heavy atom. The summed E-state index contributed by atoms with van der Waals surface area (Å²) < 4.78 is 50.8. The SMILES string of the molecule is [2H]Cl.[2H]N(C([2H])([2H])[2H])C([2H])([2H])[2H]. The first-order valence-electron chi connectivity index (χ1n) is 4.27. The van der Waals surface area contributed by atoms with Crippen LogP contribution in [0.5, 0.6) is 0 Å². The van der Waals surface area contributed by atoms with Gasteiger partial charge >= 0.3 is 0 Å². The average molecular weight is 89.6 g/mol. The Hall–Kier alpha value is 0.250. The van der Waals surface area contributed by atoms with E-state index >= 15 is 0 Å². The summed E-state index contributed by atoms with van der Waals surface area (Å²) in [5.41, 5.74) is 0. The monoisotopic (exact) mass is 89.1 g/mol. The second-order valence-electron chi connectivity index (χ2n) is 0.112. The summed E-state index contributed by atoms with van der Waals surface area (Å²) >= 11 is 3.89. The Morgan fingerprint density at radius 2 is 2.75 bits per heavy atom. The van der Waals surface area contributed by atoms with Gasteiger partial charge in [0.25, 0.3) is 0 Å². The molecule has 0 aromatic rings. The standard InChI is InChI=1S/C2H7N.ClH/c1-3-2;/h3H,1-2H3;1H/i1D3,2D3;/hD2. The summed E-state index contributed by atoms with van der Waals surface area (Å²) in [6.45, 7) is -5.74. The second-order valence-corrected chi connectivity index (χ2v) is 0.112. The van der Waals surface area contributed by atoms with Crippen molar-refractivity contribution in [2.45, 2.75) is 0 Å². The van der Waals surface area contributed by atoms with Crippen LogP contribution in [0.25, 0.3) is 0 Å². The Kier molecular flexibility index (Phi) is 1.12. The first kappa shape index (κ1) is 0.427. The lowest BCUT2D eigenvalue weighted by molar-refractivity contribution is 1.02. The molecule has 28 valence electrons. The van der Waals surface area contributed by atoms with E-state index in [1.807, 2.05) is 0 Å². The quantitative estimate of drug-likeness (QED) is 0.449. The molecular formula is C2H8ClN. The van der Waals surface area contributed by atoms with Crippen molar-refractivity contribution in [2.24, 2.45) is 0 Å². The van der Waals surface area contributed by atoms with Crippen LogP contribution in [-0.4, -0.2) is 15.1 Å². The minimum Gasteiger partial charge on any atom is -0.323 e. The maximum absolute atomic E-state index is 6.58. The van der Waals surface area contributed by atoms with E-state index in [1.54, 1.807) is 0 Å². The number of hydrogen-bond donors (Lipinski definition) is 1. The molecule has 1 N–H and O–H groups in total. The fraction of sp³-hybridized carbons (Fsp3) is 1.00. The van der Waals surface area contributed by atoms with Crippen molar-refractivity contribution in [3.8, 4) is 0 Å². The van der Waals surface area contributed by atoms with Crippen LogP contribution >= 0.6 is 12.3 Å². The van der Waals surface area contributed by atoms with Gasteiger partial charge in [0.1, 0.15) is 2.58 Å². The highest BCUT2D eigenvalue weighted by atomic mass is 35.5. The molecule has 0 spiro atoms. The Labute approximate surface area is 43.8 Å². The van der Waals surface area contributed by atoms with Gasteiger partial charge in [0.15, 0.2) is 0 Å². The predicted molar refractivity (Wildman–Crippen MR) is 22.2 cm³/mol. The summed E-state index contributed by atoms with van der Waals surface area (Å²) in [5, 5.41) is -0.375. The van der Waals surface area contributed by atoms with E-state index in [0.29, 0.717) is 0 Å². The van der Waals surface area contributed by atoms with Gasteiger partial charge in [-0.25, -0.2) is 0 Å². The molecule has 0 saturated carbocycles. The maximum Gasteiger partial charge on any atom is 0.147 e. The molecule has 1 nitrogen and oxygen atoms in total. The Morgan fingerprint density at radius 3 is 2.75 bits per heavy atom. The van der Waals surface area contributed by atoms with Crippen molar-refractivity contribution in [3.05, 3.63) is 0 Å². The predicted octanol–water partition coefficient (Wildman–Crippen LogP) is 0.257. The molecule has 0 aliphatic heterocycles. The number of rotatable bonds is 0. The number of nitrogens with one attached hydrogen (secondary N) is 1. The molecule has 0 radical (unpaired) electrons. The molecule has 2 heteroatoms. The fourth-order valence-corrected chi connectivity index (χ4v) is 0. The van der Waals surface area contributed by atoms with Gasteiger partial charge in [-0.1, -0.05) is 0 Å². The van der Waals surface area contributed by atoms with Gasteiger partial charge in [-0.05, 0) is 14.0 Å². The Bertz CT molecular complexity index is 101. The van der Waals surface area contributed by atoms with E-state index in [9.17, 15) is 0 Å². The largest absolute Gasteiger partial charge is 0.323 e. The van der Waals surface area contributed by atoms with E-state index < -0.39 is 14.0 Å². The molecule has 0 rings (SSSR count). The van der Waals surface area contributed by atoms with Crippen LogP contribution in [0.3, 0.4) is 0 Å². The van der Waals surface area contributed by atoms with Crippen molar-refractivity contribution in [1.29, 1.82) is 1.17 Å². The highest BCUT2D eigenvalue weighted by Gasteiger charge is 1.25. The van der Waals surface area contributed by atoms with E-state index in [1.165, 1.54) is 0 Å². The van der Waals surface area contributed by atoms with Crippen molar-refractivity contribution in [1.82, 2.24) is 5.31 Å². The third-order valence-corrected chi connectivity index (χ3v) is 0. The smallest absolute Gasteiger partial charge is 0.147 e. The zero-order chi connectivity index (χ0) is 10.6. The maximum atomic E-state index is 6.58. The molecule has 0 aromatic carbocycles. The zero-order valence-corrected chi connectivity index (χ0v) is 2.58. The van der Waals surface area contributed by atoms with Crippen LogP contribution in [0.2, 0.25) is 1.41 Å². The molecule has 4 heavy (non-hydrogen) atoms. The fourth-order valence-electron chi connectivity index (χ4n) is 0. The van der Waals surface area contributed by atoms with E-state index in [-0.39, 0.29) is 5.31 Å². The summed E-state index contributed by atoms with van der Waals surface area (Å²) in [6.07, 6.45) is 0. The normalized spacial score (nSPS) is 39.5. The van der Waals surface area contributed by atoms with Crippen LogP contribution in [0.1, 0.15) is 8.22 Å². The lowest BCUT2D eigenvalue weighted by atomic mass is 11.3. The summed E-state index contributed by atoms with van der Waals surface area (Å²) in [6, 6.07) is 0. The Balaban J connectivity index is 0. The third-order valence-electron chi connectivity index (χ3n) is 0. The van der Waals surface area contributed by atoms with Gasteiger partial charge in [0.2, 0.25) is 0 Å². The first-order valence-corrected chi connectivity index (χ1v) is 0.447. The number of halogens is 1. The third kappa shape index (κ3) is 56.3.